The Hall–Kier alpha value is -2.39. The molecule has 0 amide bonds. The smallest absolute Gasteiger partial charge is 0.231 e. The van der Waals surface area contributed by atoms with E-state index in [0.29, 0.717) is 18.2 Å². The van der Waals surface area contributed by atoms with Crippen LogP contribution >= 0.6 is 13.5 Å². The summed E-state index contributed by atoms with van der Waals surface area (Å²) in [5.41, 5.74) is 6.88. The third kappa shape index (κ3) is 6.57. The number of hydrogen-bond donors (Lipinski definition) is 3. The standard InChI is InChI=1S/C20H28N4O4.H2S/c1-2-3-6-15(12-25)23-19-18(11-22-20(21)24-19)26-9-4-5-14-7-8-16-17(10-14)28-13-27-16;/h7-8,10-11,15,25H,2-6,9,12-13H2,1H3,(H3,21,22,23,24);1H2/t15-;/m0./s1. The van der Waals surface area contributed by atoms with Gasteiger partial charge in [0.05, 0.1) is 25.5 Å². The summed E-state index contributed by atoms with van der Waals surface area (Å²) in [7, 11) is 0. The molecule has 1 aliphatic heterocycles. The Morgan fingerprint density at radius 2 is 2.10 bits per heavy atom. The van der Waals surface area contributed by atoms with Gasteiger partial charge >= 0.3 is 0 Å². The van der Waals surface area contributed by atoms with E-state index in [9.17, 15) is 5.11 Å². The van der Waals surface area contributed by atoms with Gasteiger partial charge in [0.25, 0.3) is 0 Å². The van der Waals surface area contributed by atoms with Crippen LogP contribution in [0.2, 0.25) is 0 Å². The van der Waals surface area contributed by atoms with Gasteiger partial charge in [-0.2, -0.15) is 18.5 Å². The maximum atomic E-state index is 9.58. The molecule has 160 valence electrons. The molecule has 0 saturated heterocycles. The molecule has 0 bridgehead atoms. The van der Waals surface area contributed by atoms with E-state index in [0.717, 1.165) is 43.6 Å². The molecule has 1 aliphatic rings. The number of nitrogens with one attached hydrogen (secondary N) is 1. The molecule has 0 radical (unpaired) electrons. The first kappa shape index (κ1) is 22.9. The second-order valence-corrected chi connectivity index (χ2v) is 6.75. The van der Waals surface area contributed by atoms with E-state index < -0.39 is 0 Å². The molecule has 0 spiro atoms. The number of hydrogen-bond acceptors (Lipinski definition) is 8. The van der Waals surface area contributed by atoms with Gasteiger partial charge in [-0.15, -0.1) is 0 Å². The molecule has 3 rings (SSSR count). The number of aryl methyl sites for hydroxylation is 1. The Morgan fingerprint density at radius 3 is 2.90 bits per heavy atom. The molecule has 0 fully saturated rings. The monoisotopic (exact) mass is 422 g/mol. The molecule has 1 aromatic carbocycles. The summed E-state index contributed by atoms with van der Waals surface area (Å²) in [5, 5.41) is 12.8. The highest BCUT2D eigenvalue weighted by Gasteiger charge is 2.14. The highest BCUT2D eigenvalue weighted by molar-refractivity contribution is 7.59. The summed E-state index contributed by atoms with van der Waals surface area (Å²) in [5.74, 6) is 2.80. The number of nitrogen functional groups attached to an aromatic ring is 1. The SMILES string of the molecule is CCCC[C@@H](CO)Nc1nc(N)ncc1OCCCc1ccc2c(c1)OCO2.S. The lowest BCUT2D eigenvalue weighted by Crippen LogP contribution is -2.25. The number of fused-ring (bicyclic) bond motifs is 1. The van der Waals surface area contributed by atoms with Gasteiger partial charge < -0.3 is 30.4 Å². The number of nitrogens with zero attached hydrogens (tertiary/aromatic N) is 2. The Kier molecular flexibility index (Phi) is 9.14. The molecule has 29 heavy (non-hydrogen) atoms. The number of ether oxygens (including phenoxy) is 3. The first-order valence-corrected chi connectivity index (χ1v) is 9.70. The van der Waals surface area contributed by atoms with Crippen LogP contribution in [0.15, 0.2) is 24.4 Å². The first-order chi connectivity index (χ1) is 13.7. The fourth-order valence-corrected chi connectivity index (χ4v) is 3.00. The van der Waals surface area contributed by atoms with Crippen molar-refractivity contribution in [2.24, 2.45) is 0 Å². The lowest BCUT2D eigenvalue weighted by molar-refractivity contribution is 0.174. The van der Waals surface area contributed by atoms with Gasteiger partial charge in [-0.05, 0) is 37.0 Å². The minimum atomic E-state index is -0.0924. The zero-order chi connectivity index (χ0) is 19.8. The average Bonchev–Trinajstić information content (AvgIpc) is 3.17. The second kappa shape index (κ2) is 11.6. The van der Waals surface area contributed by atoms with E-state index in [1.807, 2.05) is 18.2 Å². The average molecular weight is 423 g/mol. The van der Waals surface area contributed by atoms with Gasteiger partial charge in [-0.3, -0.25) is 0 Å². The summed E-state index contributed by atoms with van der Waals surface area (Å²) in [6.07, 6.45) is 6.17. The molecule has 2 heterocycles. The van der Waals surface area contributed by atoms with E-state index in [1.165, 1.54) is 5.56 Å². The van der Waals surface area contributed by atoms with Crippen molar-refractivity contribution in [1.82, 2.24) is 9.97 Å². The van der Waals surface area contributed by atoms with Crippen LogP contribution in [-0.4, -0.2) is 41.1 Å². The maximum absolute atomic E-state index is 9.58. The Balaban J connectivity index is 0.00000300. The quantitative estimate of drug-likeness (QED) is 0.474. The largest absolute Gasteiger partial charge is 0.488 e. The van der Waals surface area contributed by atoms with Crippen molar-refractivity contribution in [1.29, 1.82) is 0 Å². The van der Waals surface area contributed by atoms with Crippen molar-refractivity contribution >= 4 is 25.3 Å². The van der Waals surface area contributed by atoms with Crippen LogP contribution < -0.4 is 25.3 Å². The van der Waals surface area contributed by atoms with Crippen molar-refractivity contribution in [3.05, 3.63) is 30.0 Å². The van der Waals surface area contributed by atoms with Crippen LogP contribution in [0.1, 0.15) is 38.2 Å². The third-order valence-corrected chi connectivity index (χ3v) is 4.55. The van der Waals surface area contributed by atoms with Gasteiger partial charge in [0, 0.05) is 0 Å². The molecule has 1 atom stereocenters. The number of nitrogens with two attached hydrogens (primary N) is 1. The Labute approximate surface area is 178 Å². The van der Waals surface area contributed by atoms with E-state index in [4.69, 9.17) is 19.9 Å². The summed E-state index contributed by atoms with van der Waals surface area (Å²) in [6.45, 7) is 2.93. The number of unbranched alkanes of at least 4 members (excludes halogenated alkanes) is 1. The molecular weight excluding hydrogens is 392 g/mol. The minimum absolute atomic E-state index is 0. The van der Waals surface area contributed by atoms with Crippen LogP contribution in [-0.2, 0) is 6.42 Å². The summed E-state index contributed by atoms with van der Waals surface area (Å²) >= 11 is 0. The number of aliphatic hydroxyl groups excluding tert-OH is 1. The first-order valence-electron chi connectivity index (χ1n) is 9.70. The van der Waals surface area contributed by atoms with Crippen molar-refractivity contribution < 1.29 is 19.3 Å². The van der Waals surface area contributed by atoms with Crippen LogP contribution in [0, 0.1) is 0 Å². The summed E-state index contributed by atoms with van der Waals surface area (Å²) in [4.78, 5) is 8.25. The molecular formula is C20H30N4O4S. The Morgan fingerprint density at radius 1 is 1.28 bits per heavy atom. The van der Waals surface area contributed by atoms with Crippen molar-refractivity contribution in [3.8, 4) is 17.2 Å². The molecule has 0 saturated carbocycles. The fraction of sp³-hybridized carbons (Fsp3) is 0.500. The lowest BCUT2D eigenvalue weighted by Gasteiger charge is -2.19. The molecule has 1 aromatic heterocycles. The van der Waals surface area contributed by atoms with Crippen molar-refractivity contribution in [3.63, 3.8) is 0 Å². The number of benzene rings is 1. The number of rotatable bonds is 11. The third-order valence-electron chi connectivity index (χ3n) is 4.55. The van der Waals surface area contributed by atoms with E-state index in [-0.39, 0.29) is 38.9 Å². The predicted octanol–water partition coefficient (Wildman–Crippen LogP) is 2.87. The second-order valence-electron chi connectivity index (χ2n) is 6.75. The minimum Gasteiger partial charge on any atom is -0.488 e. The van der Waals surface area contributed by atoms with Crippen molar-refractivity contribution in [2.45, 2.75) is 45.1 Å². The van der Waals surface area contributed by atoms with Crippen LogP contribution in [0.25, 0.3) is 0 Å². The predicted molar refractivity (Wildman–Crippen MR) is 117 cm³/mol. The van der Waals surface area contributed by atoms with Crippen molar-refractivity contribution in [2.75, 3.05) is 31.1 Å². The van der Waals surface area contributed by atoms with Crippen LogP contribution in [0.5, 0.6) is 17.2 Å². The molecule has 4 N–H and O–H groups in total. The van der Waals surface area contributed by atoms with Gasteiger partial charge in [0.1, 0.15) is 0 Å². The van der Waals surface area contributed by atoms with Crippen LogP contribution in [0.3, 0.4) is 0 Å². The van der Waals surface area contributed by atoms with E-state index >= 15 is 0 Å². The lowest BCUT2D eigenvalue weighted by atomic mass is 10.1. The topological polar surface area (TPSA) is 112 Å². The van der Waals surface area contributed by atoms with E-state index in [2.05, 4.69) is 22.2 Å². The summed E-state index contributed by atoms with van der Waals surface area (Å²) < 4.78 is 16.6. The highest BCUT2D eigenvalue weighted by Crippen LogP contribution is 2.32. The zero-order valence-electron chi connectivity index (χ0n) is 16.7. The number of anilines is 2. The molecule has 2 aromatic rings. The van der Waals surface area contributed by atoms with Gasteiger partial charge in [-0.25, -0.2) is 4.98 Å². The summed E-state index contributed by atoms with van der Waals surface area (Å²) in [6, 6.07) is 5.87. The molecule has 9 heteroatoms. The normalized spacial score (nSPS) is 12.9. The molecule has 0 unspecified atom stereocenters. The van der Waals surface area contributed by atoms with Gasteiger partial charge in [-0.1, -0.05) is 25.8 Å². The maximum Gasteiger partial charge on any atom is 0.231 e. The van der Waals surface area contributed by atoms with E-state index in [1.54, 1.807) is 6.20 Å². The van der Waals surface area contributed by atoms with Crippen LogP contribution in [0.4, 0.5) is 11.8 Å². The molecule has 8 nitrogen and oxygen atoms in total. The molecule has 0 aliphatic carbocycles. The van der Waals surface area contributed by atoms with Gasteiger partial charge in [0.2, 0.25) is 12.7 Å². The Bertz CT molecular complexity index is 778. The number of aliphatic hydroxyl groups is 1. The fourth-order valence-electron chi connectivity index (χ4n) is 3.00. The zero-order valence-corrected chi connectivity index (χ0v) is 17.7. The highest BCUT2D eigenvalue weighted by atomic mass is 32.1. The van der Waals surface area contributed by atoms with Gasteiger partial charge in [0.15, 0.2) is 23.1 Å². The number of aromatic nitrogens is 2.